The highest BCUT2D eigenvalue weighted by molar-refractivity contribution is 6.67. The van der Waals surface area contributed by atoms with E-state index < -0.39 is 8.56 Å². The van der Waals surface area contributed by atoms with Crippen LogP contribution in [-0.2, 0) is 18.3 Å². The van der Waals surface area contributed by atoms with Crippen molar-refractivity contribution in [2.75, 3.05) is 27.4 Å². The van der Waals surface area contributed by atoms with Crippen molar-refractivity contribution in [1.82, 2.24) is 0 Å². The molecule has 0 bridgehead atoms. The molecule has 0 atom stereocenters. The van der Waals surface area contributed by atoms with E-state index in [0.29, 0.717) is 0 Å². The molecule has 0 aliphatic carbocycles. The number of hydrogen-bond acceptors (Lipinski definition) is 4. The van der Waals surface area contributed by atoms with Crippen LogP contribution in [0.3, 0.4) is 0 Å². The molecule has 0 rings (SSSR count). The van der Waals surface area contributed by atoms with E-state index in [0.717, 1.165) is 63.8 Å². The van der Waals surface area contributed by atoms with Crippen molar-refractivity contribution in [3.05, 3.63) is 24.7 Å². The van der Waals surface area contributed by atoms with Crippen molar-refractivity contribution in [2.45, 2.75) is 64.5 Å². The molecule has 0 fully saturated rings. The molecular formula is C18H36O4Si. The monoisotopic (exact) mass is 344 g/mol. The third kappa shape index (κ3) is 12.3. The first-order chi connectivity index (χ1) is 11.2. The second kappa shape index (κ2) is 16.1. The van der Waals surface area contributed by atoms with Gasteiger partial charge in [-0.1, -0.05) is 26.0 Å². The van der Waals surface area contributed by atoms with E-state index in [1.165, 1.54) is 0 Å². The summed E-state index contributed by atoms with van der Waals surface area (Å²) in [6.07, 6.45) is 13.9. The zero-order chi connectivity index (χ0) is 17.2. The second-order valence-electron chi connectivity index (χ2n) is 5.53. The van der Waals surface area contributed by atoms with E-state index in [1.807, 2.05) is 12.2 Å². The Labute approximate surface area is 144 Å². The summed E-state index contributed by atoms with van der Waals surface area (Å²) in [6, 6.07) is 2.05. The first kappa shape index (κ1) is 22.2. The molecule has 0 saturated carbocycles. The first-order valence-electron chi connectivity index (χ1n) is 8.88. The summed E-state index contributed by atoms with van der Waals surface area (Å²) in [7, 11) is 1.54. The van der Waals surface area contributed by atoms with Crippen molar-refractivity contribution >= 4 is 8.56 Å². The molecule has 4 nitrogen and oxygen atoms in total. The predicted octanol–water partition coefficient (Wildman–Crippen LogP) is 5.16. The maximum absolute atomic E-state index is 5.78. The van der Waals surface area contributed by atoms with Crippen LogP contribution in [0, 0.1) is 0 Å². The van der Waals surface area contributed by atoms with Crippen LogP contribution >= 0.6 is 0 Å². The quantitative estimate of drug-likeness (QED) is 0.220. The Bertz CT molecular complexity index is 275. The standard InChI is InChI=1S/C18H36O4Si/c1-5-7-13-21-15-9-11-17-23(19-3,20-4)18-12-10-16-22-14-8-6-2/h7-8,13-14H,5-6,9-12,15-18H2,1-4H3. The largest absolute Gasteiger partial charge is 0.502 e. The van der Waals surface area contributed by atoms with Crippen LogP contribution in [0.25, 0.3) is 0 Å². The number of unbranched alkanes of at least 4 members (excludes halogenated alkanes) is 2. The molecule has 0 aliphatic heterocycles. The van der Waals surface area contributed by atoms with Crippen molar-refractivity contribution in [3.8, 4) is 0 Å². The molecule has 0 aromatic heterocycles. The molecule has 23 heavy (non-hydrogen) atoms. The fraction of sp³-hybridized carbons (Fsp3) is 0.778. The topological polar surface area (TPSA) is 36.9 Å². The molecule has 0 aromatic rings. The van der Waals surface area contributed by atoms with Gasteiger partial charge in [0.15, 0.2) is 0 Å². The molecule has 0 heterocycles. The number of ether oxygens (including phenoxy) is 2. The first-order valence-corrected chi connectivity index (χ1v) is 11.1. The molecule has 136 valence electrons. The number of rotatable bonds is 16. The molecular weight excluding hydrogens is 308 g/mol. The summed E-state index contributed by atoms with van der Waals surface area (Å²) < 4.78 is 22.4. The minimum Gasteiger partial charge on any atom is -0.502 e. The Hall–Kier alpha value is -0.783. The van der Waals surface area contributed by atoms with Gasteiger partial charge in [-0.05, 0) is 50.6 Å². The van der Waals surface area contributed by atoms with Gasteiger partial charge in [0.2, 0.25) is 0 Å². The number of allylic oxidation sites excluding steroid dienone is 2. The lowest BCUT2D eigenvalue weighted by atomic mass is 10.3. The molecule has 5 heteroatoms. The third-order valence-corrected chi connectivity index (χ3v) is 7.46. The maximum atomic E-state index is 5.78. The summed E-state index contributed by atoms with van der Waals surface area (Å²) in [4.78, 5) is 0. The van der Waals surface area contributed by atoms with Crippen LogP contribution < -0.4 is 0 Å². The van der Waals surface area contributed by atoms with E-state index in [1.54, 1.807) is 26.7 Å². The molecule has 0 radical (unpaired) electrons. The van der Waals surface area contributed by atoms with Crippen molar-refractivity contribution < 1.29 is 18.3 Å². The van der Waals surface area contributed by atoms with Gasteiger partial charge in [0.25, 0.3) is 0 Å². The normalized spacial score (nSPS) is 12.3. The van der Waals surface area contributed by atoms with E-state index in [-0.39, 0.29) is 0 Å². The van der Waals surface area contributed by atoms with Crippen LogP contribution in [-0.4, -0.2) is 36.0 Å². The Morgan fingerprint density at radius 1 is 0.696 bits per heavy atom. The van der Waals surface area contributed by atoms with Gasteiger partial charge in [-0.25, -0.2) is 0 Å². The molecule has 0 aromatic carbocycles. The van der Waals surface area contributed by atoms with Crippen LogP contribution in [0.15, 0.2) is 24.7 Å². The highest BCUT2D eigenvalue weighted by Gasteiger charge is 2.33. The lowest BCUT2D eigenvalue weighted by molar-refractivity contribution is 0.221. The summed E-state index contributed by atoms with van der Waals surface area (Å²) in [6.45, 7) is 5.74. The highest BCUT2D eigenvalue weighted by Crippen LogP contribution is 2.23. The Kier molecular flexibility index (Phi) is 15.5. The summed E-state index contributed by atoms with van der Waals surface area (Å²) in [5, 5.41) is 0. The zero-order valence-electron chi connectivity index (χ0n) is 15.5. The predicted molar refractivity (Wildman–Crippen MR) is 98.6 cm³/mol. The van der Waals surface area contributed by atoms with Gasteiger partial charge in [-0.15, -0.1) is 0 Å². The third-order valence-electron chi connectivity index (χ3n) is 3.74. The lowest BCUT2D eigenvalue weighted by Crippen LogP contribution is -2.39. The van der Waals surface area contributed by atoms with E-state index >= 15 is 0 Å². The average molecular weight is 345 g/mol. The van der Waals surface area contributed by atoms with Crippen molar-refractivity contribution in [1.29, 1.82) is 0 Å². The van der Waals surface area contributed by atoms with E-state index in [4.69, 9.17) is 18.3 Å². The van der Waals surface area contributed by atoms with Gasteiger partial charge >= 0.3 is 8.56 Å². The molecule has 0 aliphatic rings. The Balaban J connectivity index is 3.86. The maximum Gasteiger partial charge on any atom is 0.337 e. The second-order valence-corrected chi connectivity index (χ2v) is 9.17. The van der Waals surface area contributed by atoms with E-state index in [2.05, 4.69) is 13.8 Å². The Morgan fingerprint density at radius 2 is 1.13 bits per heavy atom. The van der Waals surface area contributed by atoms with Crippen LogP contribution in [0.5, 0.6) is 0 Å². The van der Waals surface area contributed by atoms with Crippen molar-refractivity contribution in [3.63, 3.8) is 0 Å². The van der Waals surface area contributed by atoms with Gasteiger partial charge in [0.05, 0.1) is 25.7 Å². The average Bonchev–Trinajstić information content (AvgIpc) is 2.58. The molecule has 0 unspecified atom stereocenters. The van der Waals surface area contributed by atoms with Gasteiger partial charge in [-0.2, -0.15) is 0 Å². The van der Waals surface area contributed by atoms with Gasteiger partial charge in [0.1, 0.15) is 0 Å². The highest BCUT2D eigenvalue weighted by atomic mass is 28.4. The van der Waals surface area contributed by atoms with Crippen LogP contribution in [0.2, 0.25) is 12.1 Å². The van der Waals surface area contributed by atoms with Gasteiger partial charge in [0, 0.05) is 14.2 Å². The minimum atomic E-state index is -2.04. The molecule has 0 saturated heterocycles. The summed E-state index contributed by atoms with van der Waals surface area (Å²) >= 11 is 0. The molecule has 0 N–H and O–H groups in total. The summed E-state index contributed by atoms with van der Waals surface area (Å²) in [5.41, 5.74) is 0. The fourth-order valence-electron chi connectivity index (χ4n) is 2.24. The minimum absolute atomic E-state index is 0.770. The summed E-state index contributed by atoms with van der Waals surface area (Å²) in [5.74, 6) is 0. The van der Waals surface area contributed by atoms with E-state index in [9.17, 15) is 0 Å². The van der Waals surface area contributed by atoms with Gasteiger partial charge in [-0.3, -0.25) is 0 Å². The van der Waals surface area contributed by atoms with Crippen LogP contribution in [0.1, 0.15) is 52.4 Å². The fourth-order valence-corrected chi connectivity index (χ4v) is 5.05. The molecule has 0 spiro atoms. The van der Waals surface area contributed by atoms with Crippen LogP contribution in [0.4, 0.5) is 0 Å². The SMILES string of the molecule is CCC=COCCCC[Si](CCCCOC=CCC)(OC)OC. The van der Waals surface area contributed by atoms with Gasteiger partial charge < -0.3 is 18.3 Å². The Morgan fingerprint density at radius 3 is 1.48 bits per heavy atom. The zero-order valence-corrected chi connectivity index (χ0v) is 16.5. The number of hydrogen-bond donors (Lipinski definition) is 0. The molecule has 0 amide bonds. The smallest absolute Gasteiger partial charge is 0.337 e. The lowest BCUT2D eigenvalue weighted by Gasteiger charge is -2.27. The van der Waals surface area contributed by atoms with Crippen molar-refractivity contribution in [2.24, 2.45) is 0 Å².